The third-order valence-corrected chi connectivity index (χ3v) is 4.06. The fourth-order valence-corrected chi connectivity index (χ4v) is 2.49. The lowest BCUT2D eigenvalue weighted by atomic mass is 10.0. The van der Waals surface area contributed by atoms with Crippen LogP contribution in [-0.4, -0.2) is 24.4 Å². The SMILES string of the molecule is CC(C(=O)NC1CN(c2ccccc2)C1=O)C1CC1. The van der Waals surface area contributed by atoms with Crippen LogP contribution in [-0.2, 0) is 9.59 Å². The van der Waals surface area contributed by atoms with Gasteiger partial charge < -0.3 is 10.2 Å². The van der Waals surface area contributed by atoms with Gasteiger partial charge in [-0.25, -0.2) is 0 Å². The van der Waals surface area contributed by atoms with E-state index in [1.54, 1.807) is 4.90 Å². The second-order valence-corrected chi connectivity index (χ2v) is 5.47. The molecule has 3 rings (SSSR count). The van der Waals surface area contributed by atoms with Gasteiger partial charge in [-0.2, -0.15) is 0 Å². The van der Waals surface area contributed by atoms with Crippen molar-refractivity contribution in [3.63, 3.8) is 0 Å². The zero-order valence-corrected chi connectivity index (χ0v) is 11.0. The Morgan fingerprint density at radius 1 is 1.32 bits per heavy atom. The van der Waals surface area contributed by atoms with Gasteiger partial charge in [-0.1, -0.05) is 25.1 Å². The Morgan fingerprint density at radius 3 is 2.58 bits per heavy atom. The summed E-state index contributed by atoms with van der Waals surface area (Å²) in [7, 11) is 0. The van der Waals surface area contributed by atoms with E-state index in [0.717, 1.165) is 18.5 Å². The first kappa shape index (κ1) is 12.2. The first-order valence-corrected chi connectivity index (χ1v) is 6.83. The van der Waals surface area contributed by atoms with E-state index in [9.17, 15) is 9.59 Å². The van der Waals surface area contributed by atoms with Crippen molar-refractivity contribution < 1.29 is 9.59 Å². The van der Waals surface area contributed by atoms with Crippen molar-refractivity contribution in [1.82, 2.24) is 5.32 Å². The van der Waals surface area contributed by atoms with Crippen LogP contribution < -0.4 is 10.2 Å². The molecule has 1 aliphatic heterocycles. The largest absolute Gasteiger partial charge is 0.342 e. The number of rotatable bonds is 4. The van der Waals surface area contributed by atoms with E-state index in [1.807, 2.05) is 37.3 Å². The fourth-order valence-electron chi connectivity index (χ4n) is 2.49. The van der Waals surface area contributed by atoms with Gasteiger partial charge in [0.15, 0.2) is 0 Å². The van der Waals surface area contributed by atoms with E-state index < -0.39 is 0 Å². The van der Waals surface area contributed by atoms with Crippen molar-refractivity contribution >= 4 is 17.5 Å². The van der Waals surface area contributed by atoms with E-state index in [4.69, 9.17) is 0 Å². The summed E-state index contributed by atoms with van der Waals surface area (Å²) in [5, 5.41) is 2.86. The second-order valence-electron chi connectivity index (χ2n) is 5.47. The summed E-state index contributed by atoms with van der Waals surface area (Å²) in [6.07, 6.45) is 2.28. The molecule has 1 N–H and O–H groups in total. The molecule has 100 valence electrons. The number of nitrogens with one attached hydrogen (secondary N) is 1. The normalized spacial score (nSPS) is 23.7. The number of anilines is 1. The highest BCUT2D eigenvalue weighted by Gasteiger charge is 2.41. The lowest BCUT2D eigenvalue weighted by Gasteiger charge is -2.39. The van der Waals surface area contributed by atoms with Gasteiger partial charge in [-0.15, -0.1) is 0 Å². The van der Waals surface area contributed by atoms with Crippen molar-refractivity contribution in [2.24, 2.45) is 11.8 Å². The minimum Gasteiger partial charge on any atom is -0.342 e. The quantitative estimate of drug-likeness (QED) is 0.833. The highest BCUT2D eigenvalue weighted by atomic mass is 16.2. The molecule has 0 aromatic heterocycles. The molecule has 2 amide bonds. The molecule has 2 aliphatic rings. The minimum absolute atomic E-state index is 0.0115. The smallest absolute Gasteiger partial charge is 0.251 e. The fraction of sp³-hybridized carbons (Fsp3) is 0.467. The number of hydrogen-bond acceptors (Lipinski definition) is 2. The van der Waals surface area contributed by atoms with E-state index >= 15 is 0 Å². The van der Waals surface area contributed by atoms with E-state index in [1.165, 1.54) is 0 Å². The summed E-state index contributed by atoms with van der Waals surface area (Å²) in [4.78, 5) is 25.7. The molecule has 19 heavy (non-hydrogen) atoms. The van der Waals surface area contributed by atoms with Gasteiger partial charge in [-0.05, 0) is 30.9 Å². The number of carbonyl (C=O) groups excluding carboxylic acids is 2. The standard InChI is InChI=1S/C15H18N2O2/c1-10(11-7-8-11)14(18)16-13-9-17(15(13)19)12-5-3-2-4-6-12/h2-6,10-11,13H,7-9H2,1H3,(H,16,18). The Bertz CT molecular complexity index is 496. The van der Waals surface area contributed by atoms with Crippen LogP contribution in [0.3, 0.4) is 0 Å². The Labute approximate surface area is 112 Å². The Hall–Kier alpha value is -1.84. The van der Waals surface area contributed by atoms with Crippen molar-refractivity contribution in [3.8, 4) is 0 Å². The average molecular weight is 258 g/mol. The Kier molecular flexibility index (Phi) is 3.01. The first-order chi connectivity index (χ1) is 9.16. The number of nitrogens with zero attached hydrogens (tertiary/aromatic N) is 1. The topological polar surface area (TPSA) is 49.4 Å². The summed E-state index contributed by atoms with van der Waals surface area (Å²) < 4.78 is 0. The monoisotopic (exact) mass is 258 g/mol. The van der Waals surface area contributed by atoms with Crippen LogP contribution in [0.1, 0.15) is 19.8 Å². The Balaban J connectivity index is 1.55. The molecule has 4 heteroatoms. The zero-order chi connectivity index (χ0) is 13.4. The van der Waals surface area contributed by atoms with Gasteiger partial charge in [0, 0.05) is 11.6 Å². The maximum Gasteiger partial charge on any atom is 0.251 e. The first-order valence-electron chi connectivity index (χ1n) is 6.83. The molecule has 1 saturated carbocycles. The molecule has 2 unspecified atom stereocenters. The van der Waals surface area contributed by atoms with Crippen LogP contribution in [0, 0.1) is 11.8 Å². The zero-order valence-electron chi connectivity index (χ0n) is 11.0. The number of amides is 2. The van der Waals surface area contributed by atoms with Crippen molar-refractivity contribution in [3.05, 3.63) is 30.3 Å². The van der Waals surface area contributed by atoms with Gasteiger partial charge in [0.2, 0.25) is 5.91 Å². The number of β-lactam (4-membered cyclic amide) rings is 1. The van der Waals surface area contributed by atoms with Crippen LogP contribution in [0.15, 0.2) is 30.3 Å². The highest BCUT2D eigenvalue weighted by Crippen LogP contribution is 2.36. The predicted octanol–water partition coefficient (Wildman–Crippen LogP) is 1.56. The van der Waals surface area contributed by atoms with Crippen LogP contribution in [0.5, 0.6) is 0 Å². The van der Waals surface area contributed by atoms with Gasteiger partial charge >= 0.3 is 0 Å². The molecular weight excluding hydrogens is 240 g/mol. The maximum atomic E-state index is 12.0. The predicted molar refractivity (Wildman–Crippen MR) is 72.6 cm³/mol. The lowest BCUT2D eigenvalue weighted by Crippen LogP contribution is -2.64. The molecule has 1 saturated heterocycles. The molecular formula is C15H18N2O2. The van der Waals surface area contributed by atoms with Crippen molar-refractivity contribution in [1.29, 1.82) is 0 Å². The van der Waals surface area contributed by atoms with Crippen molar-refractivity contribution in [2.45, 2.75) is 25.8 Å². The molecule has 0 spiro atoms. The van der Waals surface area contributed by atoms with Gasteiger partial charge in [0.25, 0.3) is 5.91 Å². The van der Waals surface area contributed by atoms with Crippen LogP contribution in [0.2, 0.25) is 0 Å². The minimum atomic E-state index is -0.339. The number of benzene rings is 1. The van der Waals surface area contributed by atoms with Crippen LogP contribution in [0.25, 0.3) is 0 Å². The summed E-state index contributed by atoms with van der Waals surface area (Å²) in [6, 6.07) is 9.21. The van der Waals surface area contributed by atoms with E-state index in [2.05, 4.69) is 5.32 Å². The molecule has 4 nitrogen and oxygen atoms in total. The molecule has 2 fully saturated rings. The number of hydrogen-bond donors (Lipinski definition) is 1. The summed E-state index contributed by atoms with van der Waals surface area (Å²) >= 11 is 0. The third kappa shape index (κ3) is 2.35. The molecule has 2 atom stereocenters. The maximum absolute atomic E-state index is 12.0. The van der Waals surface area contributed by atoms with Gasteiger partial charge in [0.1, 0.15) is 6.04 Å². The van der Waals surface area contributed by atoms with Gasteiger partial charge in [0.05, 0.1) is 6.54 Å². The molecule has 1 aromatic carbocycles. The average Bonchev–Trinajstić information content (AvgIpc) is 3.27. The molecule has 0 bridgehead atoms. The van der Waals surface area contributed by atoms with E-state index in [-0.39, 0.29) is 23.8 Å². The number of para-hydroxylation sites is 1. The third-order valence-electron chi connectivity index (χ3n) is 4.06. The molecule has 1 heterocycles. The molecule has 0 radical (unpaired) electrons. The summed E-state index contributed by atoms with van der Waals surface area (Å²) in [5.41, 5.74) is 0.897. The molecule has 1 aliphatic carbocycles. The highest BCUT2D eigenvalue weighted by molar-refractivity contribution is 6.05. The summed E-state index contributed by atoms with van der Waals surface area (Å²) in [6.45, 7) is 2.52. The van der Waals surface area contributed by atoms with Crippen LogP contribution in [0.4, 0.5) is 5.69 Å². The molecule has 1 aromatic rings. The lowest BCUT2D eigenvalue weighted by molar-refractivity contribution is -0.132. The second kappa shape index (κ2) is 4.68. The van der Waals surface area contributed by atoms with Crippen LogP contribution >= 0.6 is 0 Å². The summed E-state index contributed by atoms with van der Waals surface area (Å²) in [5.74, 6) is 0.579. The van der Waals surface area contributed by atoms with Gasteiger partial charge in [-0.3, -0.25) is 9.59 Å². The number of carbonyl (C=O) groups is 2. The van der Waals surface area contributed by atoms with Crippen molar-refractivity contribution in [2.75, 3.05) is 11.4 Å². The van der Waals surface area contributed by atoms with E-state index in [0.29, 0.717) is 12.5 Å². The Morgan fingerprint density at radius 2 is 2.00 bits per heavy atom.